The van der Waals surface area contributed by atoms with Crippen LogP contribution < -0.4 is 9.47 Å². The second-order valence-electron chi connectivity index (χ2n) is 4.85. The van der Waals surface area contributed by atoms with Crippen LogP contribution in [0.5, 0.6) is 11.5 Å². The molecule has 2 aromatic rings. The third kappa shape index (κ3) is 5.18. The number of ether oxygens (including phenoxy) is 3. The second kappa shape index (κ2) is 8.63. The molecule has 0 aromatic heterocycles. The summed E-state index contributed by atoms with van der Waals surface area (Å²) in [5.74, 6) is 0.901. The lowest BCUT2D eigenvalue weighted by Crippen LogP contribution is -2.04. The monoisotopic (exact) mass is 312 g/mol. The molecule has 120 valence electrons. The van der Waals surface area contributed by atoms with Crippen molar-refractivity contribution < 1.29 is 19.0 Å². The average Bonchev–Trinajstić information content (AvgIpc) is 2.60. The molecular formula is C19H20O4. The Bertz CT molecular complexity index is 662. The predicted octanol–water partition coefficient (Wildman–Crippen LogP) is 3.50. The van der Waals surface area contributed by atoms with Gasteiger partial charge < -0.3 is 14.2 Å². The molecule has 0 aliphatic rings. The van der Waals surface area contributed by atoms with E-state index in [0.29, 0.717) is 24.5 Å². The fraction of sp³-hybridized carbons (Fsp3) is 0.211. The summed E-state index contributed by atoms with van der Waals surface area (Å²) < 4.78 is 15.6. The molecule has 23 heavy (non-hydrogen) atoms. The van der Waals surface area contributed by atoms with Crippen molar-refractivity contribution in [1.29, 1.82) is 0 Å². The van der Waals surface area contributed by atoms with Gasteiger partial charge in [0.2, 0.25) is 0 Å². The minimum absolute atomic E-state index is 0.360. The number of rotatable bonds is 7. The Hall–Kier alpha value is -2.75. The van der Waals surface area contributed by atoms with E-state index >= 15 is 0 Å². The quantitative estimate of drug-likeness (QED) is 0.580. The molecule has 0 aliphatic carbocycles. The van der Waals surface area contributed by atoms with Crippen molar-refractivity contribution in [3.63, 3.8) is 0 Å². The first-order valence-corrected chi connectivity index (χ1v) is 7.33. The first-order valence-electron chi connectivity index (χ1n) is 7.33. The molecule has 0 atom stereocenters. The molecule has 4 nitrogen and oxygen atoms in total. The maximum Gasteiger partial charge on any atom is 0.330 e. The lowest BCUT2D eigenvalue weighted by Gasteiger charge is -2.07. The van der Waals surface area contributed by atoms with Gasteiger partial charge in [-0.1, -0.05) is 36.4 Å². The van der Waals surface area contributed by atoms with E-state index < -0.39 is 0 Å². The molecule has 0 aliphatic heterocycles. The molecule has 0 heterocycles. The summed E-state index contributed by atoms with van der Waals surface area (Å²) in [6, 6.07) is 15.3. The molecule has 2 aromatic carbocycles. The highest BCUT2D eigenvalue weighted by molar-refractivity contribution is 5.87. The van der Waals surface area contributed by atoms with Gasteiger partial charge in [-0.05, 0) is 29.3 Å². The lowest BCUT2D eigenvalue weighted by atomic mass is 10.2. The molecule has 0 fully saturated rings. The topological polar surface area (TPSA) is 44.8 Å². The number of carbonyl (C=O) groups excluding carboxylic acids is 1. The molecule has 2 rings (SSSR count). The first-order chi connectivity index (χ1) is 11.2. The summed E-state index contributed by atoms with van der Waals surface area (Å²) in [6.07, 6.45) is 3.80. The highest BCUT2D eigenvalue weighted by Crippen LogP contribution is 2.27. The van der Waals surface area contributed by atoms with Crippen LogP contribution in [-0.2, 0) is 16.0 Å². The number of hydrogen-bond donors (Lipinski definition) is 0. The van der Waals surface area contributed by atoms with Crippen molar-refractivity contribution >= 4 is 12.0 Å². The van der Waals surface area contributed by atoms with E-state index in [1.54, 1.807) is 32.4 Å². The van der Waals surface area contributed by atoms with Crippen molar-refractivity contribution in [2.45, 2.75) is 6.42 Å². The van der Waals surface area contributed by atoms with Crippen molar-refractivity contribution in [3.05, 3.63) is 65.7 Å². The van der Waals surface area contributed by atoms with Gasteiger partial charge in [0.05, 0.1) is 20.8 Å². The maximum absolute atomic E-state index is 11.7. The fourth-order valence-corrected chi connectivity index (χ4v) is 2.08. The van der Waals surface area contributed by atoms with Crippen molar-refractivity contribution in [3.8, 4) is 11.5 Å². The van der Waals surface area contributed by atoms with E-state index in [1.165, 1.54) is 6.08 Å². The number of methoxy groups -OCH3 is 2. The van der Waals surface area contributed by atoms with E-state index in [2.05, 4.69) is 0 Å². The molecule has 0 amide bonds. The predicted molar refractivity (Wildman–Crippen MR) is 89.7 cm³/mol. The Labute approximate surface area is 136 Å². The smallest absolute Gasteiger partial charge is 0.330 e. The zero-order chi connectivity index (χ0) is 16.5. The fourth-order valence-electron chi connectivity index (χ4n) is 2.08. The lowest BCUT2D eigenvalue weighted by molar-refractivity contribution is -0.137. The Morgan fingerprint density at radius 2 is 1.74 bits per heavy atom. The van der Waals surface area contributed by atoms with Gasteiger partial charge in [0.25, 0.3) is 0 Å². The van der Waals surface area contributed by atoms with Crippen LogP contribution in [0.25, 0.3) is 6.08 Å². The summed E-state index contributed by atoms with van der Waals surface area (Å²) in [5, 5.41) is 0. The van der Waals surface area contributed by atoms with Crippen LogP contribution in [0.15, 0.2) is 54.6 Å². The number of carbonyl (C=O) groups is 1. The van der Waals surface area contributed by atoms with Gasteiger partial charge in [0.1, 0.15) is 0 Å². The van der Waals surface area contributed by atoms with Gasteiger partial charge in [-0.3, -0.25) is 0 Å². The van der Waals surface area contributed by atoms with E-state index in [0.717, 1.165) is 11.1 Å². The standard InChI is InChI=1S/C19H20O4/c1-21-17-10-8-16(14-18(17)22-2)9-11-19(20)23-13-12-15-6-4-3-5-7-15/h3-11,14H,12-13H2,1-2H3/b11-9+. The van der Waals surface area contributed by atoms with E-state index in [-0.39, 0.29) is 5.97 Å². The number of esters is 1. The molecular weight excluding hydrogens is 292 g/mol. The highest BCUT2D eigenvalue weighted by Gasteiger charge is 2.03. The van der Waals surface area contributed by atoms with Crippen LogP contribution >= 0.6 is 0 Å². The highest BCUT2D eigenvalue weighted by atomic mass is 16.5. The minimum atomic E-state index is -0.365. The summed E-state index contributed by atoms with van der Waals surface area (Å²) >= 11 is 0. The molecule has 0 saturated heterocycles. The molecule has 0 saturated carbocycles. The maximum atomic E-state index is 11.7. The SMILES string of the molecule is COc1ccc(/C=C/C(=O)OCCc2ccccc2)cc1OC. The van der Waals surface area contributed by atoms with Crippen LogP contribution in [0.3, 0.4) is 0 Å². The average molecular weight is 312 g/mol. The summed E-state index contributed by atoms with van der Waals surface area (Å²) in [7, 11) is 3.15. The van der Waals surface area contributed by atoms with Crippen LogP contribution in [0.1, 0.15) is 11.1 Å². The zero-order valence-corrected chi connectivity index (χ0v) is 13.3. The van der Waals surface area contributed by atoms with Crippen LogP contribution in [-0.4, -0.2) is 26.8 Å². The van der Waals surface area contributed by atoms with Crippen LogP contribution in [0.2, 0.25) is 0 Å². The molecule has 0 unspecified atom stereocenters. The Morgan fingerprint density at radius 1 is 1.00 bits per heavy atom. The Morgan fingerprint density at radius 3 is 2.43 bits per heavy atom. The Balaban J connectivity index is 1.86. The van der Waals surface area contributed by atoms with Gasteiger partial charge >= 0.3 is 5.97 Å². The van der Waals surface area contributed by atoms with E-state index in [9.17, 15) is 4.79 Å². The molecule has 0 spiro atoms. The van der Waals surface area contributed by atoms with Gasteiger partial charge in [0, 0.05) is 12.5 Å². The van der Waals surface area contributed by atoms with Crippen LogP contribution in [0, 0.1) is 0 Å². The van der Waals surface area contributed by atoms with Crippen LogP contribution in [0.4, 0.5) is 0 Å². The number of benzene rings is 2. The molecule has 0 bridgehead atoms. The summed E-state index contributed by atoms with van der Waals surface area (Å²) in [5.41, 5.74) is 1.98. The molecule has 0 radical (unpaired) electrons. The second-order valence-corrected chi connectivity index (χ2v) is 4.85. The summed E-state index contributed by atoms with van der Waals surface area (Å²) in [4.78, 5) is 11.7. The van der Waals surface area contributed by atoms with Gasteiger partial charge in [-0.2, -0.15) is 0 Å². The number of hydrogen-bond acceptors (Lipinski definition) is 4. The van der Waals surface area contributed by atoms with E-state index in [1.807, 2.05) is 36.4 Å². The van der Waals surface area contributed by atoms with Gasteiger partial charge in [-0.25, -0.2) is 4.79 Å². The van der Waals surface area contributed by atoms with Gasteiger partial charge in [0.15, 0.2) is 11.5 Å². The van der Waals surface area contributed by atoms with Crippen molar-refractivity contribution in [2.24, 2.45) is 0 Å². The Kier molecular flexibility index (Phi) is 6.24. The minimum Gasteiger partial charge on any atom is -0.493 e. The van der Waals surface area contributed by atoms with Crippen molar-refractivity contribution in [2.75, 3.05) is 20.8 Å². The van der Waals surface area contributed by atoms with E-state index in [4.69, 9.17) is 14.2 Å². The molecule has 4 heteroatoms. The largest absolute Gasteiger partial charge is 0.493 e. The molecule has 0 N–H and O–H groups in total. The van der Waals surface area contributed by atoms with Crippen molar-refractivity contribution in [1.82, 2.24) is 0 Å². The third-order valence-corrected chi connectivity index (χ3v) is 3.30. The summed E-state index contributed by atoms with van der Waals surface area (Å²) in [6.45, 7) is 0.360. The normalized spacial score (nSPS) is 10.5. The first kappa shape index (κ1) is 16.6. The van der Waals surface area contributed by atoms with Gasteiger partial charge in [-0.15, -0.1) is 0 Å². The zero-order valence-electron chi connectivity index (χ0n) is 13.3. The third-order valence-electron chi connectivity index (χ3n) is 3.30.